The summed E-state index contributed by atoms with van der Waals surface area (Å²) in [6, 6.07) is 10.4. The van der Waals surface area contributed by atoms with Gasteiger partial charge in [0, 0.05) is 44.6 Å². The fourth-order valence-corrected chi connectivity index (χ4v) is 4.52. The number of nitrogens with zero attached hydrogens (tertiary/aromatic N) is 2. The van der Waals surface area contributed by atoms with E-state index in [1.54, 1.807) is 6.92 Å². The lowest BCUT2D eigenvalue weighted by Crippen LogP contribution is -2.48. The smallest absolute Gasteiger partial charge is 0.335 e. The Morgan fingerprint density at radius 3 is 2.47 bits per heavy atom. The van der Waals surface area contributed by atoms with Crippen LogP contribution in [0.2, 0.25) is 0 Å². The topological polar surface area (TPSA) is 61.9 Å². The summed E-state index contributed by atoms with van der Waals surface area (Å²) in [7, 11) is 0. The van der Waals surface area contributed by atoms with Gasteiger partial charge in [-0.2, -0.15) is 0 Å². The van der Waals surface area contributed by atoms with Crippen LogP contribution in [0.25, 0.3) is 0 Å². The van der Waals surface area contributed by atoms with Crippen LogP contribution in [0.15, 0.2) is 41.5 Å². The van der Waals surface area contributed by atoms with E-state index in [0.717, 1.165) is 45.7 Å². The van der Waals surface area contributed by atoms with E-state index in [4.69, 9.17) is 4.74 Å². The number of piperidine rings is 1. The highest BCUT2D eigenvalue weighted by Gasteiger charge is 2.50. The maximum atomic E-state index is 13.0. The van der Waals surface area contributed by atoms with E-state index in [9.17, 15) is 9.59 Å². The van der Waals surface area contributed by atoms with E-state index < -0.39 is 5.60 Å². The van der Waals surface area contributed by atoms with E-state index in [-0.39, 0.29) is 11.9 Å². The second-order valence-electron chi connectivity index (χ2n) is 8.28. The Kier molecular flexibility index (Phi) is 7.67. The Morgan fingerprint density at radius 2 is 1.83 bits per heavy atom. The normalized spacial score (nSPS) is 18.9. The van der Waals surface area contributed by atoms with Crippen molar-refractivity contribution < 1.29 is 14.3 Å². The highest BCUT2D eigenvalue weighted by molar-refractivity contribution is 6.07. The number of benzene rings is 1. The van der Waals surface area contributed by atoms with Crippen LogP contribution in [0, 0.1) is 0 Å². The molecule has 1 spiro atoms. The van der Waals surface area contributed by atoms with E-state index in [1.807, 2.05) is 18.2 Å². The minimum absolute atomic E-state index is 0.144. The van der Waals surface area contributed by atoms with Gasteiger partial charge in [0.1, 0.15) is 5.60 Å². The van der Waals surface area contributed by atoms with Crippen LogP contribution >= 0.6 is 0 Å². The molecule has 0 aromatic heterocycles. The van der Waals surface area contributed by atoms with Crippen molar-refractivity contribution in [2.45, 2.75) is 52.2 Å². The Balaban J connectivity index is 1.58. The molecule has 1 saturated heterocycles. The third-order valence-corrected chi connectivity index (χ3v) is 6.40. The van der Waals surface area contributed by atoms with Crippen molar-refractivity contribution in [3.63, 3.8) is 0 Å². The number of nitrogens with one attached hydrogen (secondary N) is 1. The van der Waals surface area contributed by atoms with Crippen LogP contribution in [0.5, 0.6) is 0 Å². The quantitative estimate of drug-likeness (QED) is 0.498. The Bertz CT molecular complexity index is 763. The van der Waals surface area contributed by atoms with Crippen molar-refractivity contribution in [3.8, 4) is 0 Å². The highest BCUT2D eigenvalue weighted by Crippen LogP contribution is 2.41. The Morgan fingerprint density at radius 1 is 1.17 bits per heavy atom. The first-order valence-corrected chi connectivity index (χ1v) is 11.2. The summed E-state index contributed by atoms with van der Waals surface area (Å²) in [6.07, 6.45) is 2.21. The fraction of sp³-hybridized carbons (Fsp3) is 0.583. The third-order valence-electron chi connectivity index (χ3n) is 6.40. The number of hydrogen-bond donors (Lipinski definition) is 1. The van der Waals surface area contributed by atoms with Crippen LogP contribution in [0.1, 0.15) is 45.6 Å². The predicted molar refractivity (Wildman–Crippen MR) is 118 cm³/mol. The lowest BCUT2D eigenvalue weighted by molar-refractivity contribution is -0.151. The Hall–Kier alpha value is -2.18. The second-order valence-corrected chi connectivity index (χ2v) is 8.28. The van der Waals surface area contributed by atoms with E-state index >= 15 is 0 Å². The van der Waals surface area contributed by atoms with Crippen molar-refractivity contribution in [1.29, 1.82) is 0 Å². The zero-order valence-corrected chi connectivity index (χ0v) is 18.6. The van der Waals surface area contributed by atoms with Gasteiger partial charge in [-0.15, -0.1) is 0 Å². The van der Waals surface area contributed by atoms with Gasteiger partial charge in [0.25, 0.3) is 5.91 Å². The summed E-state index contributed by atoms with van der Waals surface area (Å²) in [4.78, 5) is 30.1. The number of amides is 1. The van der Waals surface area contributed by atoms with Crippen LogP contribution in [-0.2, 0) is 20.9 Å². The summed E-state index contributed by atoms with van der Waals surface area (Å²) in [5.74, 6) is -0.491. The molecular formula is C24H35N3O3. The average Bonchev–Trinajstić information content (AvgIpc) is 3.00. The number of rotatable bonds is 9. The van der Waals surface area contributed by atoms with Gasteiger partial charge in [-0.1, -0.05) is 44.2 Å². The number of ether oxygens (including phenoxy) is 1. The molecule has 2 heterocycles. The molecule has 6 nitrogen and oxygen atoms in total. The molecule has 164 valence electrons. The first-order valence-electron chi connectivity index (χ1n) is 11.2. The van der Waals surface area contributed by atoms with E-state index in [1.165, 1.54) is 5.56 Å². The van der Waals surface area contributed by atoms with Crippen molar-refractivity contribution in [1.82, 2.24) is 15.1 Å². The number of carbonyl (C=O) groups is 2. The molecule has 0 radical (unpaired) electrons. The molecule has 3 rings (SSSR count). The monoisotopic (exact) mass is 413 g/mol. The maximum Gasteiger partial charge on any atom is 0.335 e. The standard InChI is InChI=1S/C24H35N3O3/c1-4-26(5-2)15-9-14-25-22(28)21-19(3)23(29)30-24(21)12-16-27(17-13-24)18-20-10-7-6-8-11-20/h6-8,10-11H,4-5,9,12-18H2,1-3H3,(H,25,28). The molecule has 0 bridgehead atoms. The molecule has 1 aromatic rings. The van der Waals surface area contributed by atoms with Crippen LogP contribution in [-0.4, -0.2) is 66.5 Å². The molecule has 0 aliphatic carbocycles. The van der Waals surface area contributed by atoms with Gasteiger partial charge in [-0.3, -0.25) is 9.69 Å². The van der Waals surface area contributed by atoms with Gasteiger partial charge in [-0.25, -0.2) is 4.79 Å². The first kappa shape index (κ1) is 22.5. The number of esters is 1. The fourth-order valence-electron chi connectivity index (χ4n) is 4.52. The number of likely N-dealkylation sites (tertiary alicyclic amines) is 1. The molecule has 1 fully saturated rings. The minimum Gasteiger partial charge on any atom is -0.450 e. The lowest BCUT2D eigenvalue weighted by atomic mass is 9.82. The average molecular weight is 414 g/mol. The zero-order chi connectivity index (χ0) is 21.6. The first-order chi connectivity index (χ1) is 14.5. The molecular weight excluding hydrogens is 378 g/mol. The molecule has 6 heteroatoms. The van der Waals surface area contributed by atoms with Crippen LogP contribution < -0.4 is 5.32 Å². The van der Waals surface area contributed by atoms with Gasteiger partial charge in [0.15, 0.2) is 0 Å². The molecule has 30 heavy (non-hydrogen) atoms. The van der Waals surface area contributed by atoms with Gasteiger partial charge in [0.2, 0.25) is 0 Å². The molecule has 1 N–H and O–H groups in total. The van der Waals surface area contributed by atoms with Gasteiger partial charge < -0.3 is 15.0 Å². The lowest BCUT2D eigenvalue weighted by Gasteiger charge is -2.39. The van der Waals surface area contributed by atoms with Crippen molar-refractivity contribution in [3.05, 3.63) is 47.0 Å². The predicted octanol–water partition coefficient (Wildman–Crippen LogP) is 2.74. The summed E-state index contributed by atoms with van der Waals surface area (Å²) < 4.78 is 5.80. The number of hydrogen-bond acceptors (Lipinski definition) is 5. The van der Waals surface area contributed by atoms with E-state index in [0.29, 0.717) is 30.5 Å². The maximum absolute atomic E-state index is 13.0. The molecule has 2 aliphatic heterocycles. The van der Waals surface area contributed by atoms with Gasteiger partial charge in [0.05, 0.1) is 5.57 Å². The number of carbonyl (C=O) groups excluding carboxylic acids is 2. The SMILES string of the molecule is CCN(CC)CCCNC(=O)C1=C(C)C(=O)OC12CCN(Cc1ccccc1)CC2. The van der Waals surface area contributed by atoms with Crippen molar-refractivity contribution in [2.75, 3.05) is 39.3 Å². The van der Waals surface area contributed by atoms with E-state index in [2.05, 4.69) is 41.1 Å². The third kappa shape index (κ3) is 5.10. The molecule has 1 aromatic carbocycles. The summed E-state index contributed by atoms with van der Waals surface area (Å²) in [5, 5.41) is 3.03. The summed E-state index contributed by atoms with van der Waals surface area (Å²) in [5.41, 5.74) is 1.52. The second kappa shape index (κ2) is 10.2. The molecule has 0 saturated carbocycles. The minimum atomic E-state index is -0.767. The molecule has 1 amide bonds. The molecule has 0 atom stereocenters. The zero-order valence-electron chi connectivity index (χ0n) is 18.6. The van der Waals surface area contributed by atoms with Crippen molar-refractivity contribution >= 4 is 11.9 Å². The highest BCUT2D eigenvalue weighted by atomic mass is 16.6. The molecule has 2 aliphatic rings. The summed E-state index contributed by atoms with van der Waals surface area (Å²) >= 11 is 0. The largest absolute Gasteiger partial charge is 0.450 e. The Labute approximate surface area is 180 Å². The van der Waals surface area contributed by atoms with Crippen molar-refractivity contribution in [2.24, 2.45) is 0 Å². The van der Waals surface area contributed by atoms with Crippen LogP contribution in [0.4, 0.5) is 0 Å². The van der Waals surface area contributed by atoms with Gasteiger partial charge >= 0.3 is 5.97 Å². The summed E-state index contributed by atoms with van der Waals surface area (Å²) in [6.45, 7) is 12.1. The molecule has 0 unspecified atom stereocenters. The van der Waals surface area contributed by atoms with Crippen LogP contribution in [0.3, 0.4) is 0 Å². The van der Waals surface area contributed by atoms with Gasteiger partial charge in [-0.05, 0) is 38.5 Å².